The minimum absolute atomic E-state index is 0.0554. The molecule has 0 spiro atoms. The fourth-order valence-electron chi connectivity index (χ4n) is 6.29. The molecule has 4 unspecified atom stereocenters. The van der Waals surface area contributed by atoms with Crippen LogP contribution >= 0.6 is 14.9 Å². The molecule has 3 saturated heterocycles. The zero-order chi connectivity index (χ0) is 32.7. The van der Waals surface area contributed by atoms with Crippen LogP contribution < -0.4 is 11.1 Å². The molecule has 4 N–H and O–H groups in total. The van der Waals surface area contributed by atoms with Gasteiger partial charge in [-0.15, -0.1) is 0 Å². The quantitative estimate of drug-likeness (QED) is 0.198. The van der Waals surface area contributed by atoms with Crippen molar-refractivity contribution in [3.63, 3.8) is 0 Å². The molecule has 10 atom stereocenters. The lowest BCUT2D eigenvalue weighted by molar-refractivity contribution is -0.0592. The Morgan fingerprint density at radius 1 is 1.00 bits per heavy atom. The summed E-state index contributed by atoms with van der Waals surface area (Å²) in [6.07, 6.45) is -6.55. The molecule has 18 nitrogen and oxygen atoms in total. The number of alkyl halides is 1. The highest BCUT2D eigenvalue weighted by molar-refractivity contribution is 7.79. The molecule has 4 aromatic rings. The van der Waals surface area contributed by atoms with Crippen LogP contribution in [0, 0.1) is 0 Å². The third-order valence-corrected chi connectivity index (χ3v) is 10.5. The van der Waals surface area contributed by atoms with E-state index in [1.54, 1.807) is 6.20 Å². The molecule has 8 rings (SSSR count). The highest BCUT2D eigenvalue weighted by Gasteiger charge is 2.53. The summed E-state index contributed by atoms with van der Waals surface area (Å²) < 4.78 is 79.4. The predicted molar refractivity (Wildman–Crippen MR) is 161 cm³/mol. The zero-order valence-electron chi connectivity index (χ0n) is 24.3. The van der Waals surface area contributed by atoms with Gasteiger partial charge in [0.1, 0.15) is 42.4 Å². The largest absolute Gasteiger partial charge is 0.385 e. The van der Waals surface area contributed by atoms with Gasteiger partial charge in [0.05, 0.1) is 30.6 Å². The number of hydrogen-bond acceptors (Lipinski definition) is 16. The van der Waals surface area contributed by atoms with Crippen molar-refractivity contribution in [2.24, 2.45) is 0 Å². The maximum Gasteiger partial charge on any atom is 0.264 e. The molecule has 47 heavy (non-hydrogen) atoms. The van der Waals surface area contributed by atoms with E-state index in [1.165, 1.54) is 21.9 Å². The number of ether oxygens (including phenoxy) is 2. The number of nitrogens with one attached hydrogen (secondary N) is 1. The van der Waals surface area contributed by atoms with Gasteiger partial charge in [0.2, 0.25) is 15.1 Å². The molecule has 8 heterocycles. The van der Waals surface area contributed by atoms with Gasteiger partial charge in [-0.05, 0) is 18.9 Å². The summed E-state index contributed by atoms with van der Waals surface area (Å²) >= 11 is 0. The van der Waals surface area contributed by atoms with Crippen molar-refractivity contribution < 1.29 is 46.2 Å². The Hall–Kier alpha value is -2.99. The van der Waals surface area contributed by atoms with Crippen molar-refractivity contribution in [2.75, 3.05) is 30.8 Å². The minimum atomic E-state index is -4.55. The van der Waals surface area contributed by atoms with Gasteiger partial charge in [0.15, 0.2) is 35.7 Å². The molecule has 3 fully saturated rings. The van der Waals surface area contributed by atoms with Gasteiger partial charge >= 0.3 is 0 Å². The second-order valence-corrected chi connectivity index (χ2v) is 14.5. The fraction of sp³-hybridized carbons (Fsp3) is 0.542. The van der Waals surface area contributed by atoms with Crippen LogP contribution in [0.4, 0.5) is 15.9 Å². The van der Waals surface area contributed by atoms with E-state index in [2.05, 4.69) is 30.4 Å². The Bertz CT molecular complexity index is 1960. The average molecular weight is 687 g/mol. The number of aliphatic hydroxyl groups is 1. The molecule has 4 aliphatic heterocycles. The van der Waals surface area contributed by atoms with E-state index in [0.29, 0.717) is 12.1 Å². The van der Waals surface area contributed by atoms with Gasteiger partial charge in [0, 0.05) is 18.4 Å². The monoisotopic (exact) mass is 687 g/mol. The number of nitrogens with two attached hydrogens (primary N) is 1. The normalized spacial score (nSPS) is 37.8. The Morgan fingerprint density at radius 2 is 1.72 bits per heavy atom. The van der Waals surface area contributed by atoms with Gasteiger partial charge in [-0.3, -0.25) is 13.7 Å². The van der Waals surface area contributed by atoms with Crippen LogP contribution in [0.15, 0.2) is 24.9 Å². The minimum Gasteiger partial charge on any atom is -0.385 e. The van der Waals surface area contributed by atoms with Crippen molar-refractivity contribution in [1.29, 1.82) is 0 Å². The van der Waals surface area contributed by atoms with E-state index in [1.807, 2.05) is 6.07 Å². The van der Waals surface area contributed by atoms with Gasteiger partial charge in [-0.25, -0.2) is 29.0 Å². The van der Waals surface area contributed by atoms with Gasteiger partial charge < -0.3 is 43.7 Å². The van der Waals surface area contributed by atoms with Crippen molar-refractivity contribution >= 4 is 63.8 Å². The first kappa shape index (κ1) is 31.3. The number of halogens is 1. The number of hydrogen-bond donors (Lipinski definition) is 3. The van der Waals surface area contributed by atoms with Crippen molar-refractivity contribution in [1.82, 2.24) is 34.3 Å². The van der Waals surface area contributed by atoms with Crippen LogP contribution in [-0.2, 0) is 43.1 Å². The van der Waals surface area contributed by atoms with Crippen LogP contribution in [0.5, 0.6) is 0 Å². The van der Waals surface area contributed by atoms with E-state index in [0.717, 1.165) is 29.7 Å². The Kier molecular flexibility index (Phi) is 7.70. The summed E-state index contributed by atoms with van der Waals surface area (Å²) in [5.41, 5.74) is 8.18. The van der Waals surface area contributed by atoms with E-state index in [4.69, 9.17) is 48.4 Å². The van der Waals surface area contributed by atoms with Crippen LogP contribution in [0.25, 0.3) is 22.2 Å². The molecule has 0 bridgehead atoms. The number of imidazole rings is 1. The van der Waals surface area contributed by atoms with E-state index in [-0.39, 0.29) is 17.0 Å². The smallest absolute Gasteiger partial charge is 0.264 e. The highest BCUT2D eigenvalue weighted by Crippen LogP contribution is 2.53. The fourth-order valence-corrected chi connectivity index (χ4v) is 8.31. The molecule has 23 heteroatoms. The van der Waals surface area contributed by atoms with Crippen molar-refractivity contribution in [3.8, 4) is 0 Å². The summed E-state index contributed by atoms with van der Waals surface area (Å²) in [5.74, 6) is 0.0554. The maximum atomic E-state index is 16.0. The second-order valence-electron chi connectivity index (χ2n) is 11.4. The molecule has 0 amide bonds. The average Bonchev–Trinajstić information content (AvgIpc) is 3.73. The zero-order valence-corrected chi connectivity index (χ0v) is 26.1. The number of fused-ring (bicyclic) bond motifs is 3. The summed E-state index contributed by atoms with van der Waals surface area (Å²) in [7, 11) is 2.82. The molecule has 4 radical (unpaired) electrons. The topological polar surface area (TPSA) is 222 Å². The second kappa shape index (κ2) is 11.6. The van der Waals surface area contributed by atoms with Gasteiger partial charge in [-0.1, -0.05) is 0 Å². The first-order chi connectivity index (χ1) is 22.5. The Balaban J connectivity index is 1.08. The lowest BCUT2D eigenvalue weighted by Crippen LogP contribution is -2.38. The van der Waals surface area contributed by atoms with Crippen LogP contribution in [-0.4, -0.2) is 111 Å². The highest BCUT2D eigenvalue weighted by atomic mass is 31.2. The Labute approximate surface area is 267 Å². The molecular weight excluding hydrogens is 661 g/mol. The van der Waals surface area contributed by atoms with Crippen molar-refractivity contribution in [2.45, 2.75) is 62.0 Å². The lowest BCUT2D eigenvalue weighted by Gasteiger charge is -2.30. The summed E-state index contributed by atoms with van der Waals surface area (Å²) in [5, 5.41) is 20.2. The standard InChI is InChI=1S/C24H26B2FN9O9P2/c25-46(38)41-7-13-19(17(37)24(43-13)36-21-14-10(3-5-30-21)29-4-1-2-11(14)34-36)45-47(26,39)40-6-12-18(44-46)15(27)23(42-12)35-9-33-16-20(28)31-8-32-22(16)35/h3,5,8-9,12-13,15,17-19,23-24,29,37H,1-2,4,6-7H2,(H2,28,31,32)/t12-,13-,15?,17+,18+,19?,23-,24-,46?,47?/m1/s1. The number of aryl methyl sites for hydroxylation is 1. The molecular formula is C24H26B2FN9O9P2. The maximum absolute atomic E-state index is 16.0. The summed E-state index contributed by atoms with van der Waals surface area (Å²) in [4.78, 5) is 16.5. The van der Waals surface area contributed by atoms with Crippen LogP contribution in [0.3, 0.4) is 0 Å². The first-order valence-electron chi connectivity index (χ1n) is 14.6. The molecule has 244 valence electrons. The summed E-state index contributed by atoms with van der Waals surface area (Å²) in [6, 6.07) is 1.82. The molecule has 4 aliphatic rings. The third-order valence-electron chi connectivity index (χ3n) is 8.42. The number of nitrogens with zero attached hydrogens (tertiary/aromatic N) is 7. The Morgan fingerprint density at radius 3 is 2.51 bits per heavy atom. The summed E-state index contributed by atoms with van der Waals surface area (Å²) in [6.45, 7) is -0.523. The number of nitrogen functional groups attached to an aromatic ring is 1. The van der Waals surface area contributed by atoms with Gasteiger partial charge in [-0.2, -0.15) is 5.10 Å². The van der Waals surface area contributed by atoms with Crippen molar-refractivity contribution in [3.05, 3.63) is 30.6 Å². The number of anilines is 2. The number of aromatic nitrogens is 7. The molecule has 0 aliphatic carbocycles. The first-order valence-corrected chi connectivity index (χ1v) is 17.8. The number of pyridine rings is 1. The third kappa shape index (κ3) is 5.47. The van der Waals surface area contributed by atoms with E-state index < -0.39 is 77.3 Å². The van der Waals surface area contributed by atoms with Gasteiger partial charge in [0.25, 0.3) is 14.9 Å². The number of aliphatic hydroxyl groups excluding tert-OH is 1. The van der Waals surface area contributed by atoms with E-state index in [9.17, 15) is 14.2 Å². The molecule has 4 aromatic heterocycles. The predicted octanol–water partition coefficient (Wildman–Crippen LogP) is 1.08. The molecule has 0 aromatic carbocycles. The SMILES string of the molecule is [B]P1(=O)OC[C@H]2O[C@@H](n3cnc4c(N)ncnc43)C(F)[C@H]2OP([B])(=O)OC[C@H]2O[C@@H](n3nc4c5c(ccnc53)NCCC4)[C@@H](O)C2O1. The number of rotatable bonds is 2. The lowest BCUT2D eigenvalue weighted by atomic mass is 10.1. The van der Waals surface area contributed by atoms with Crippen LogP contribution in [0.2, 0.25) is 0 Å². The van der Waals surface area contributed by atoms with Crippen LogP contribution in [0.1, 0.15) is 24.6 Å². The molecule has 0 saturated carbocycles. The van der Waals surface area contributed by atoms with E-state index >= 15 is 4.39 Å².